The van der Waals surface area contributed by atoms with Crippen LogP contribution in [0.5, 0.6) is 0 Å². The third-order valence-corrected chi connectivity index (χ3v) is 6.09. The summed E-state index contributed by atoms with van der Waals surface area (Å²) in [4.78, 5) is 12.0. The number of hydrogen-bond acceptors (Lipinski definition) is 4. The predicted octanol–water partition coefficient (Wildman–Crippen LogP) is 3.41. The molecule has 0 aliphatic rings. The molecule has 0 fully saturated rings. The molecule has 29 heavy (non-hydrogen) atoms. The summed E-state index contributed by atoms with van der Waals surface area (Å²) in [6.45, 7) is 3.27. The molecule has 0 amide bonds. The molecule has 2 unspecified atom stereocenters. The minimum atomic E-state index is -3.32. The van der Waals surface area contributed by atoms with Crippen molar-refractivity contribution in [2.75, 3.05) is 6.26 Å². The summed E-state index contributed by atoms with van der Waals surface area (Å²) < 4.78 is 25.5. The molecule has 0 spiro atoms. The number of nitrogens with zero attached hydrogens (tertiary/aromatic N) is 1. The van der Waals surface area contributed by atoms with E-state index in [1.165, 1.54) is 19.1 Å². The first-order chi connectivity index (χ1) is 13.6. The third kappa shape index (κ3) is 4.11. The average Bonchev–Trinajstić information content (AvgIpc) is 2.98. The van der Waals surface area contributed by atoms with E-state index < -0.39 is 27.8 Å². The van der Waals surface area contributed by atoms with Gasteiger partial charge in [-0.05, 0) is 55.3 Å². The van der Waals surface area contributed by atoms with E-state index in [2.05, 4.69) is 0 Å². The lowest BCUT2D eigenvalue weighted by Gasteiger charge is -2.16. The summed E-state index contributed by atoms with van der Waals surface area (Å²) in [5.41, 5.74) is 3.51. The van der Waals surface area contributed by atoms with E-state index >= 15 is 0 Å². The Kier molecular flexibility index (Phi) is 5.64. The van der Waals surface area contributed by atoms with Crippen LogP contribution in [0, 0.1) is 6.92 Å². The molecule has 0 aliphatic carbocycles. The standard InChI is InChI=1S/C22H23NO5S/c1-14-19(21(15(2)24)22(25)26)13-20(23(14)17-7-5-4-6-8-17)16-9-11-18(12-10-16)29(3,27)28/h4-13,15,21,24H,1-3H3,(H,25,26). The van der Waals surface area contributed by atoms with Crippen molar-refractivity contribution < 1.29 is 23.4 Å². The van der Waals surface area contributed by atoms with E-state index in [0.717, 1.165) is 23.2 Å². The number of hydrogen-bond donors (Lipinski definition) is 2. The summed E-state index contributed by atoms with van der Waals surface area (Å²) >= 11 is 0. The molecule has 0 radical (unpaired) electrons. The van der Waals surface area contributed by atoms with Crippen LogP contribution in [-0.2, 0) is 14.6 Å². The minimum Gasteiger partial charge on any atom is -0.481 e. The van der Waals surface area contributed by atoms with Crippen molar-refractivity contribution in [3.8, 4) is 16.9 Å². The molecule has 6 nitrogen and oxygen atoms in total. The number of rotatable bonds is 6. The fourth-order valence-electron chi connectivity index (χ4n) is 3.54. The lowest BCUT2D eigenvalue weighted by molar-refractivity contribution is -0.141. The van der Waals surface area contributed by atoms with Gasteiger partial charge in [0.1, 0.15) is 5.92 Å². The molecule has 7 heteroatoms. The molecule has 0 saturated heterocycles. The van der Waals surface area contributed by atoms with E-state index in [1.54, 1.807) is 18.2 Å². The molecule has 0 bridgehead atoms. The van der Waals surface area contributed by atoms with Gasteiger partial charge in [-0.3, -0.25) is 4.79 Å². The van der Waals surface area contributed by atoms with Crippen molar-refractivity contribution in [1.82, 2.24) is 4.57 Å². The van der Waals surface area contributed by atoms with Gasteiger partial charge in [0, 0.05) is 17.6 Å². The number of para-hydroxylation sites is 1. The second-order valence-corrected chi connectivity index (χ2v) is 9.11. The van der Waals surface area contributed by atoms with Gasteiger partial charge in [0.25, 0.3) is 0 Å². The van der Waals surface area contributed by atoms with Crippen molar-refractivity contribution >= 4 is 15.8 Å². The fraction of sp³-hybridized carbons (Fsp3) is 0.227. The second-order valence-electron chi connectivity index (χ2n) is 7.09. The zero-order valence-electron chi connectivity index (χ0n) is 16.4. The van der Waals surface area contributed by atoms with E-state index in [4.69, 9.17) is 0 Å². The summed E-state index contributed by atoms with van der Waals surface area (Å²) in [5.74, 6) is -2.18. The Morgan fingerprint density at radius 3 is 2.10 bits per heavy atom. The monoisotopic (exact) mass is 413 g/mol. The van der Waals surface area contributed by atoms with Gasteiger partial charge in [-0.15, -0.1) is 0 Å². The quantitative estimate of drug-likeness (QED) is 0.646. The number of aliphatic carboxylic acids is 1. The van der Waals surface area contributed by atoms with Gasteiger partial charge >= 0.3 is 5.97 Å². The number of aromatic nitrogens is 1. The zero-order valence-corrected chi connectivity index (χ0v) is 17.2. The zero-order chi connectivity index (χ0) is 21.3. The highest BCUT2D eigenvalue weighted by Gasteiger charge is 2.30. The van der Waals surface area contributed by atoms with E-state index in [-0.39, 0.29) is 4.90 Å². The molecule has 2 aromatic carbocycles. The molecular formula is C22H23NO5S. The molecule has 152 valence electrons. The van der Waals surface area contributed by atoms with Crippen LogP contribution in [0.4, 0.5) is 0 Å². The Balaban J connectivity index is 2.25. The van der Waals surface area contributed by atoms with Crippen LogP contribution in [0.2, 0.25) is 0 Å². The Labute approximate surface area is 170 Å². The van der Waals surface area contributed by atoms with Crippen molar-refractivity contribution in [2.24, 2.45) is 0 Å². The molecule has 0 saturated carbocycles. The molecule has 2 N–H and O–H groups in total. The maximum Gasteiger partial charge on any atom is 0.313 e. The van der Waals surface area contributed by atoms with Gasteiger partial charge in [0.05, 0.1) is 16.7 Å². The van der Waals surface area contributed by atoms with Crippen molar-refractivity contribution in [1.29, 1.82) is 0 Å². The first kappa shape index (κ1) is 20.8. The smallest absolute Gasteiger partial charge is 0.313 e. The second kappa shape index (κ2) is 7.85. The van der Waals surface area contributed by atoms with Crippen LogP contribution in [-0.4, -0.2) is 41.5 Å². The van der Waals surface area contributed by atoms with E-state index in [1.807, 2.05) is 41.8 Å². The lowest BCUT2D eigenvalue weighted by atomic mass is 9.94. The van der Waals surface area contributed by atoms with Crippen LogP contribution >= 0.6 is 0 Å². The van der Waals surface area contributed by atoms with E-state index in [9.17, 15) is 23.4 Å². The summed E-state index contributed by atoms with van der Waals surface area (Å²) in [6.07, 6.45) is 0.0788. The summed E-state index contributed by atoms with van der Waals surface area (Å²) in [5, 5.41) is 19.7. The Morgan fingerprint density at radius 1 is 1.03 bits per heavy atom. The Hall–Kier alpha value is -2.90. The molecular weight excluding hydrogens is 390 g/mol. The van der Waals surface area contributed by atoms with Crippen LogP contribution in [0.3, 0.4) is 0 Å². The van der Waals surface area contributed by atoms with Gasteiger partial charge in [-0.25, -0.2) is 8.42 Å². The number of carbonyl (C=O) groups is 1. The number of carboxylic acid groups (broad SMARTS) is 1. The number of aliphatic hydroxyl groups is 1. The largest absolute Gasteiger partial charge is 0.481 e. The predicted molar refractivity (Wildman–Crippen MR) is 111 cm³/mol. The van der Waals surface area contributed by atoms with Gasteiger partial charge in [-0.2, -0.15) is 0 Å². The van der Waals surface area contributed by atoms with Gasteiger partial charge < -0.3 is 14.8 Å². The van der Waals surface area contributed by atoms with Crippen LogP contribution in [0.25, 0.3) is 16.9 Å². The first-order valence-corrected chi connectivity index (χ1v) is 11.0. The highest BCUT2D eigenvalue weighted by Crippen LogP contribution is 2.35. The third-order valence-electron chi connectivity index (χ3n) is 4.96. The van der Waals surface area contributed by atoms with Crippen molar-refractivity contribution in [2.45, 2.75) is 30.8 Å². The average molecular weight is 413 g/mol. The highest BCUT2D eigenvalue weighted by atomic mass is 32.2. The molecule has 0 aliphatic heterocycles. The number of carboxylic acids is 1. The van der Waals surface area contributed by atoms with E-state index in [0.29, 0.717) is 11.3 Å². The maximum absolute atomic E-state index is 11.8. The van der Waals surface area contributed by atoms with Gasteiger partial charge in [0.2, 0.25) is 0 Å². The Bertz CT molecular complexity index is 1130. The molecule has 2 atom stereocenters. The Morgan fingerprint density at radius 2 is 1.62 bits per heavy atom. The summed E-state index contributed by atoms with van der Waals surface area (Å²) in [7, 11) is -3.32. The van der Waals surface area contributed by atoms with Crippen LogP contribution < -0.4 is 0 Å². The lowest BCUT2D eigenvalue weighted by Crippen LogP contribution is -2.23. The molecule has 1 aromatic heterocycles. The maximum atomic E-state index is 11.8. The number of benzene rings is 2. The number of aliphatic hydroxyl groups excluding tert-OH is 1. The van der Waals surface area contributed by atoms with Crippen LogP contribution in [0.15, 0.2) is 65.6 Å². The molecule has 1 heterocycles. The topological polar surface area (TPSA) is 96.6 Å². The SMILES string of the molecule is Cc1c(C(C(=O)O)C(C)O)cc(-c2ccc(S(C)(=O)=O)cc2)n1-c1ccccc1. The minimum absolute atomic E-state index is 0.211. The fourth-order valence-corrected chi connectivity index (χ4v) is 4.17. The summed E-state index contributed by atoms with van der Waals surface area (Å²) in [6, 6.07) is 17.7. The molecule has 3 aromatic rings. The normalized spacial score (nSPS) is 13.8. The van der Waals surface area contributed by atoms with Gasteiger partial charge in [-0.1, -0.05) is 30.3 Å². The number of sulfone groups is 1. The molecule has 3 rings (SSSR count). The van der Waals surface area contributed by atoms with Gasteiger partial charge in [0.15, 0.2) is 9.84 Å². The van der Waals surface area contributed by atoms with Crippen molar-refractivity contribution in [3.63, 3.8) is 0 Å². The first-order valence-electron chi connectivity index (χ1n) is 9.10. The van der Waals surface area contributed by atoms with Crippen molar-refractivity contribution in [3.05, 3.63) is 71.9 Å². The van der Waals surface area contributed by atoms with Crippen LogP contribution in [0.1, 0.15) is 24.1 Å². The highest BCUT2D eigenvalue weighted by molar-refractivity contribution is 7.90.